The van der Waals surface area contributed by atoms with Gasteiger partial charge in [0.1, 0.15) is 5.75 Å². The fourth-order valence-electron chi connectivity index (χ4n) is 2.99. The smallest absolute Gasteiger partial charge is 0.250 e. The number of aryl methyl sites for hydroxylation is 2. The first-order valence-corrected chi connectivity index (χ1v) is 10.1. The lowest BCUT2D eigenvalue weighted by atomic mass is 10.1. The molecule has 4 rings (SSSR count). The summed E-state index contributed by atoms with van der Waals surface area (Å²) in [5.41, 5.74) is 7.70. The fourth-order valence-corrected chi connectivity index (χ4v) is 2.99. The second-order valence-electron chi connectivity index (χ2n) is 7.20. The van der Waals surface area contributed by atoms with Crippen molar-refractivity contribution in [3.8, 4) is 5.75 Å². The molecule has 0 saturated heterocycles. The Hall–Kier alpha value is -4.46. The average molecular weight is 425 g/mol. The number of hydrazone groups is 1. The van der Waals surface area contributed by atoms with Crippen molar-refractivity contribution in [1.29, 1.82) is 0 Å². The number of nitrogens with one attached hydrogen (secondary N) is 3. The minimum Gasteiger partial charge on any atom is -0.508 e. The molecule has 0 amide bonds. The number of para-hydroxylation sites is 1. The van der Waals surface area contributed by atoms with E-state index in [4.69, 9.17) is 0 Å². The molecule has 0 fully saturated rings. The van der Waals surface area contributed by atoms with Crippen molar-refractivity contribution in [3.63, 3.8) is 0 Å². The van der Waals surface area contributed by atoms with Crippen molar-refractivity contribution < 1.29 is 5.11 Å². The highest BCUT2D eigenvalue weighted by molar-refractivity contribution is 5.80. The van der Waals surface area contributed by atoms with Gasteiger partial charge >= 0.3 is 0 Å². The minimum atomic E-state index is 0.200. The van der Waals surface area contributed by atoms with E-state index in [0.29, 0.717) is 11.9 Å². The molecule has 0 aliphatic carbocycles. The van der Waals surface area contributed by atoms with Crippen LogP contribution in [-0.2, 0) is 0 Å². The molecule has 32 heavy (non-hydrogen) atoms. The molecule has 4 aromatic rings. The molecule has 160 valence electrons. The summed E-state index contributed by atoms with van der Waals surface area (Å²) < 4.78 is 0. The SMILES string of the molecule is Cc1ccc(Nc2nc(N/N=C/c3ccc(O)cc3)nc(Nc3ccccc3)n2)c(C)c1. The predicted octanol–water partition coefficient (Wildman–Crippen LogP) is 5.13. The van der Waals surface area contributed by atoms with Crippen molar-refractivity contribution in [2.24, 2.45) is 5.10 Å². The first kappa shape index (κ1) is 20.8. The first-order chi connectivity index (χ1) is 15.5. The fraction of sp³-hybridized carbons (Fsp3) is 0.0833. The van der Waals surface area contributed by atoms with Gasteiger partial charge in [-0.05, 0) is 67.4 Å². The Kier molecular flexibility index (Phi) is 6.22. The van der Waals surface area contributed by atoms with Gasteiger partial charge in [0.05, 0.1) is 6.21 Å². The zero-order valence-corrected chi connectivity index (χ0v) is 17.7. The molecule has 0 radical (unpaired) electrons. The zero-order valence-electron chi connectivity index (χ0n) is 17.7. The molecular formula is C24H23N7O. The van der Waals surface area contributed by atoms with Gasteiger partial charge in [0.2, 0.25) is 17.8 Å². The largest absolute Gasteiger partial charge is 0.508 e. The Balaban J connectivity index is 1.59. The molecule has 1 heterocycles. The Morgan fingerprint density at radius 3 is 2.19 bits per heavy atom. The van der Waals surface area contributed by atoms with E-state index in [2.05, 4.69) is 49.1 Å². The lowest BCUT2D eigenvalue weighted by molar-refractivity contribution is 0.475. The Bertz CT molecular complexity index is 1230. The van der Waals surface area contributed by atoms with Crippen molar-refractivity contribution in [2.45, 2.75) is 13.8 Å². The molecule has 3 aromatic carbocycles. The van der Waals surface area contributed by atoms with Gasteiger partial charge in [-0.15, -0.1) is 0 Å². The van der Waals surface area contributed by atoms with Crippen LogP contribution in [0, 0.1) is 13.8 Å². The topological polar surface area (TPSA) is 107 Å². The van der Waals surface area contributed by atoms with Gasteiger partial charge in [0.25, 0.3) is 0 Å². The maximum Gasteiger partial charge on any atom is 0.250 e. The number of phenolic OH excluding ortho intramolecular Hbond substituents is 1. The van der Waals surface area contributed by atoms with Crippen molar-refractivity contribution >= 4 is 35.4 Å². The van der Waals surface area contributed by atoms with E-state index in [9.17, 15) is 5.11 Å². The molecule has 8 nitrogen and oxygen atoms in total. The van der Waals surface area contributed by atoms with Gasteiger partial charge < -0.3 is 15.7 Å². The normalized spacial score (nSPS) is 10.8. The Morgan fingerprint density at radius 1 is 0.781 bits per heavy atom. The van der Waals surface area contributed by atoms with E-state index in [1.807, 2.05) is 49.4 Å². The molecule has 8 heteroatoms. The zero-order chi connectivity index (χ0) is 22.3. The van der Waals surface area contributed by atoms with Gasteiger partial charge in [0.15, 0.2) is 0 Å². The summed E-state index contributed by atoms with van der Waals surface area (Å²) >= 11 is 0. The Labute approximate surface area is 186 Å². The van der Waals surface area contributed by atoms with Crippen LogP contribution in [0.5, 0.6) is 5.75 Å². The second-order valence-corrected chi connectivity index (χ2v) is 7.20. The monoisotopic (exact) mass is 425 g/mol. The minimum absolute atomic E-state index is 0.200. The molecule has 0 unspecified atom stereocenters. The number of aromatic nitrogens is 3. The molecule has 0 aliphatic heterocycles. The molecule has 1 aromatic heterocycles. The van der Waals surface area contributed by atoms with Crippen LogP contribution in [0.3, 0.4) is 0 Å². The number of benzene rings is 3. The van der Waals surface area contributed by atoms with Crippen molar-refractivity contribution in [2.75, 3.05) is 16.1 Å². The number of phenols is 1. The summed E-state index contributed by atoms with van der Waals surface area (Å²) in [4.78, 5) is 13.4. The Morgan fingerprint density at radius 2 is 1.47 bits per heavy atom. The predicted molar refractivity (Wildman–Crippen MR) is 128 cm³/mol. The molecule has 0 bridgehead atoms. The highest BCUT2D eigenvalue weighted by Crippen LogP contribution is 2.22. The van der Waals surface area contributed by atoms with Crippen molar-refractivity contribution in [3.05, 3.63) is 89.5 Å². The van der Waals surface area contributed by atoms with E-state index in [-0.39, 0.29) is 11.7 Å². The quantitative estimate of drug-likeness (QED) is 0.240. The van der Waals surface area contributed by atoms with Gasteiger partial charge in [-0.1, -0.05) is 35.9 Å². The van der Waals surface area contributed by atoms with Gasteiger partial charge in [-0.3, -0.25) is 0 Å². The lowest BCUT2D eigenvalue weighted by Crippen LogP contribution is -2.07. The third-order valence-electron chi connectivity index (χ3n) is 4.56. The summed E-state index contributed by atoms with van der Waals surface area (Å²) in [5, 5.41) is 20.0. The van der Waals surface area contributed by atoms with E-state index in [0.717, 1.165) is 22.5 Å². The number of hydrogen-bond donors (Lipinski definition) is 4. The number of rotatable bonds is 7. The van der Waals surface area contributed by atoms with Crippen LogP contribution in [-0.4, -0.2) is 26.3 Å². The third kappa shape index (κ3) is 5.57. The molecule has 0 atom stereocenters. The first-order valence-electron chi connectivity index (χ1n) is 10.1. The van der Waals surface area contributed by atoms with Gasteiger partial charge in [0, 0.05) is 11.4 Å². The van der Waals surface area contributed by atoms with Crippen LogP contribution in [0.25, 0.3) is 0 Å². The summed E-state index contributed by atoms with van der Waals surface area (Å²) in [6.07, 6.45) is 1.62. The number of hydrogen-bond acceptors (Lipinski definition) is 8. The van der Waals surface area contributed by atoms with E-state index < -0.39 is 0 Å². The maximum absolute atomic E-state index is 9.40. The van der Waals surface area contributed by atoms with Gasteiger partial charge in [-0.2, -0.15) is 20.1 Å². The highest BCUT2D eigenvalue weighted by Gasteiger charge is 2.09. The number of anilines is 5. The molecular weight excluding hydrogens is 402 g/mol. The molecule has 0 saturated carbocycles. The standard InChI is InChI=1S/C24H23N7O/c1-16-8-13-21(17(2)14-16)27-23-28-22(26-19-6-4-3-5-7-19)29-24(30-23)31-25-15-18-9-11-20(32)12-10-18/h3-15,32H,1-2H3,(H3,26,27,28,29,30,31)/b25-15+. The van der Waals surface area contributed by atoms with Crippen LogP contribution in [0.1, 0.15) is 16.7 Å². The lowest BCUT2D eigenvalue weighted by Gasteiger charge is -2.12. The van der Waals surface area contributed by atoms with E-state index in [1.54, 1.807) is 30.5 Å². The van der Waals surface area contributed by atoms with Crippen LogP contribution < -0.4 is 16.1 Å². The third-order valence-corrected chi connectivity index (χ3v) is 4.56. The van der Waals surface area contributed by atoms with Crippen LogP contribution in [0.2, 0.25) is 0 Å². The maximum atomic E-state index is 9.40. The molecule has 0 spiro atoms. The summed E-state index contributed by atoms with van der Waals surface area (Å²) in [7, 11) is 0. The number of aromatic hydroxyl groups is 1. The average Bonchev–Trinajstić information content (AvgIpc) is 2.78. The van der Waals surface area contributed by atoms with Gasteiger partial charge in [-0.25, -0.2) is 5.43 Å². The van der Waals surface area contributed by atoms with Crippen LogP contribution >= 0.6 is 0 Å². The molecule has 4 N–H and O–H groups in total. The molecule has 0 aliphatic rings. The summed E-state index contributed by atoms with van der Waals surface area (Å²) in [5.74, 6) is 1.24. The highest BCUT2D eigenvalue weighted by atomic mass is 16.3. The van der Waals surface area contributed by atoms with Crippen molar-refractivity contribution in [1.82, 2.24) is 15.0 Å². The van der Waals surface area contributed by atoms with Crippen LogP contribution in [0.4, 0.5) is 29.2 Å². The number of nitrogens with zero attached hydrogens (tertiary/aromatic N) is 4. The second kappa shape index (κ2) is 9.57. The van der Waals surface area contributed by atoms with Crippen LogP contribution in [0.15, 0.2) is 77.9 Å². The van der Waals surface area contributed by atoms with E-state index >= 15 is 0 Å². The summed E-state index contributed by atoms with van der Waals surface area (Å²) in [6.45, 7) is 4.08. The summed E-state index contributed by atoms with van der Waals surface area (Å²) in [6, 6.07) is 22.5. The van der Waals surface area contributed by atoms with E-state index in [1.165, 1.54) is 5.56 Å².